The van der Waals surface area contributed by atoms with E-state index in [1.807, 2.05) is 0 Å². The number of halogens is 3. The van der Waals surface area contributed by atoms with Gasteiger partial charge in [0.25, 0.3) is 15.7 Å². The number of sulfonamides is 1. The summed E-state index contributed by atoms with van der Waals surface area (Å²) in [4.78, 5) is 22.9. The maximum atomic E-state index is 13.3. The average Bonchev–Trinajstić information content (AvgIpc) is 2.79. The molecule has 1 N–H and O–H groups in total. The van der Waals surface area contributed by atoms with Gasteiger partial charge in [0, 0.05) is 12.1 Å². The summed E-state index contributed by atoms with van der Waals surface area (Å²) in [5.74, 6) is -0.902. The van der Waals surface area contributed by atoms with Crippen LogP contribution in [0, 0.1) is 17.0 Å². The second-order valence-corrected chi connectivity index (χ2v) is 9.04. The summed E-state index contributed by atoms with van der Waals surface area (Å²) >= 11 is 0. The molecule has 0 spiro atoms. The number of hydrogen-bond acceptors (Lipinski definition) is 5. The molecule has 0 aliphatic rings. The van der Waals surface area contributed by atoms with Crippen LogP contribution in [0.1, 0.15) is 11.1 Å². The zero-order valence-electron chi connectivity index (χ0n) is 17.6. The normalized spacial score (nSPS) is 11.6. The Bertz CT molecular complexity index is 1330. The number of nitrogens with zero attached hydrogens (tertiary/aromatic N) is 2. The molecular formula is C22H18F3N3O5S. The van der Waals surface area contributed by atoms with Gasteiger partial charge in [-0.25, -0.2) is 8.42 Å². The maximum Gasteiger partial charge on any atom is 0.416 e. The Hall–Kier alpha value is -3.93. The second-order valence-electron chi connectivity index (χ2n) is 7.18. The fourth-order valence-corrected chi connectivity index (χ4v) is 4.48. The Labute approximate surface area is 192 Å². The van der Waals surface area contributed by atoms with Gasteiger partial charge in [-0.05, 0) is 42.8 Å². The Morgan fingerprint density at radius 2 is 1.71 bits per heavy atom. The van der Waals surface area contributed by atoms with Gasteiger partial charge in [-0.1, -0.05) is 30.3 Å². The number of anilines is 2. The van der Waals surface area contributed by atoms with Crippen LogP contribution in [0.5, 0.6) is 0 Å². The monoisotopic (exact) mass is 493 g/mol. The van der Waals surface area contributed by atoms with E-state index in [9.17, 15) is 36.5 Å². The molecule has 1 amide bonds. The van der Waals surface area contributed by atoms with Gasteiger partial charge in [0.15, 0.2) is 0 Å². The molecule has 0 heterocycles. The third-order valence-corrected chi connectivity index (χ3v) is 6.57. The van der Waals surface area contributed by atoms with Gasteiger partial charge in [-0.3, -0.25) is 19.2 Å². The molecule has 3 aromatic rings. The Morgan fingerprint density at radius 1 is 1.03 bits per heavy atom. The molecule has 178 valence electrons. The zero-order valence-corrected chi connectivity index (χ0v) is 18.4. The number of amides is 1. The molecular weight excluding hydrogens is 475 g/mol. The second kappa shape index (κ2) is 9.51. The molecule has 3 rings (SSSR count). The zero-order chi connectivity index (χ0) is 25.1. The van der Waals surface area contributed by atoms with Crippen LogP contribution < -0.4 is 9.62 Å². The highest BCUT2D eigenvalue weighted by Crippen LogP contribution is 2.33. The van der Waals surface area contributed by atoms with Crippen LogP contribution in [-0.4, -0.2) is 25.8 Å². The van der Waals surface area contributed by atoms with Gasteiger partial charge in [0.05, 0.1) is 26.8 Å². The molecule has 3 aromatic carbocycles. The number of rotatable bonds is 7. The minimum atomic E-state index is -4.74. The van der Waals surface area contributed by atoms with Gasteiger partial charge in [0.1, 0.15) is 6.54 Å². The Balaban J connectivity index is 2.01. The molecule has 0 radical (unpaired) electrons. The first kappa shape index (κ1) is 24.7. The number of aryl methyl sites for hydroxylation is 1. The summed E-state index contributed by atoms with van der Waals surface area (Å²) in [5, 5.41) is 13.4. The lowest BCUT2D eigenvalue weighted by atomic mass is 10.2. The lowest BCUT2D eigenvalue weighted by molar-refractivity contribution is -0.384. The first-order valence-corrected chi connectivity index (χ1v) is 11.1. The van der Waals surface area contributed by atoms with E-state index in [1.165, 1.54) is 36.4 Å². The van der Waals surface area contributed by atoms with Gasteiger partial charge < -0.3 is 5.32 Å². The maximum absolute atomic E-state index is 13.3. The van der Waals surface area contributed by atoms with Crippen molar-refractivity contribution in [2.75, 3.05) is 16.2 Å². The number of carbonyl (C=O) groups excluding carboxylic acids is 1. The molecule has 0 bridgehead atoms. The SMILES string of the molecule is Cc1ccc([N+](=O)[O-])cc1NC(=O)CN(c1cccc(C(F)(F)F)c1)S(=O)(=O)c1ccccc1. The molecule has 0 aliphatic heterocycles. The van der Waals surface area contributed by atoms with Crippen LogP contribution >= 0.6 is 0 Å². The highest BCUT2D eigenvalue weighted by molar-refractivity contribution is 7.92. The van der Waals surface area contributed by atoms with E-state index in [0.717, 1.165) is 24.3 Å². The van der Waals surface area contributed by atoms with Gasteiger partial charge >= 0.3 is 6.18 Å². The number of hydrogen-bond donors (Lipinski definition) is 1. The van der Waals surface area contributed by atoms with E-state index in [-0.39, 0.29) is 22.0 Å². The average molecular weight is 493 g/mol. The minimum Gasteiger partial charge on any atom is -0.324 e. The van der Waals surface area contributed by atoms with Crippen LogP contribution in [-0.2, 0) is 21.0 Å². The number of nitrogens with one attached hydrogen (secondary N) is 1. The van der Waals surface area contributed by atoms with E-state index in [1.54, 1.807) is 13.0 Å². The topological polar surface area (TPSA) is 110 Å². The molecule has 0 saturated heterocycles. The van der Waals surface area contributed by atoms with Crippen molar-refractivity contribution in [1.29, 1.82) is 0 Å². The Morgan fingerprint density at radius 3 is 2.32 bits per heavy atom. The molecule has 0 saturated carbocycles. The van der Waals surface area contributed by atoms with Crippen molar-refractivity contribution in [3.8, 4) is 0 Å². The van der Waals surface area contributed by atoms with E-state index in [2.05, 4.69) is 5.32 Å². The summed E-state index contributed by atoms with van der Waals surface area (Å²) in [6, 6.07) is 14.3. The smallest absolute Gasteiger partial charge is 0.324 e. The van der Waals surface area contributed by atoms with Crippen molar-refractivity contribution in [3.63, 3.8) is 0 Å². The highest BCUT2D eigenvalue weighted by atomic mass is 32.2. The van der Waals surface area contributed by atoms with Crippen molar-refractivity contribution < 1.29 is 31.3 Å². The molecule has 0 fully saturated rings. The van der Waals surface area contributed by atoms with Crippen LogP contribution in [0.15, 0.2) is 77.7 Å². The van der Waals surface area contributed by atoms with Crippen molar-refractivity contribution >= 4 is 33.0 Å². The first-order valence-electron chi connectivity index (χ1n) is 9.69. The van der Waals surface area contributed by atoms with E-state index in [0.29, 0.717) is 15.9 Å². The lowest BCUT2D eigenvalue weighted by Gasteiger charge is -2.25. The standard InChI is InChI=1S/C22H18F3N3O5S/c1-15-10-11-18(28(30)31)13-20(15)26-21(29)14-27(34(32,33)19-8-3-2-4-9-19)17-7-5-6-16(12-17)22(23,24)25/h2-13H,14H2,1H3,(H,26,29). The summed E-state index contributed by atoms with van der Waals surface area (Å²) in [7, 11) is -4.44. The number of alkyl halides is 3. The molecule has 0 aliphatic carbocycles. The van der Waals surface area contributed by atoms with Crippen molar-refractivity contribution in [1.82, 2.24) is 0 Å². The number of nitro benzene ring substituents is 1. The van der Waals surface area contributed by atoms with E-state index < -0.39 is 39.1 Å². The first-order chi connectivity index (χ1) is 15.9. The predicted molar refractivity (Wildman–Crippen MR) is 119 cm³/mol. The molecule has 8 nitrogen and oxygen atoms in total. The van der Waals surface area contributed by atoms with Crippen molar-refractivity contribution in [2.45, 2.75) is 18.0 Å². The van der Waals surface area contributed by atoms with Crippen molar-refractivity contribution in [2.24, 2.45) is 0 Å². The van der Waals surface area contributed by atoms with Crippen LogP contribution in [0.4, 0.5) is 30.2 Å². The molecule has 0 aromatic heterocycles. The summed E-state index contributed by atoms with van der Waals surface area (Å²) in [6.07, 6.45) is -4.74. The largest absolute Gasteiger partial charge is 0.416 e. The quantitative estimate of drug-likeness (QED) is 0.377. The summed E-state index contributed by atoms with van der Waals surface area (Å²) in [5.41, 5.74) is -1.22. The summed E-state index contributed by atoms with van der Waals surface area (Å²) in [6.45, 7) is 0.700. The number of benzene rings is 3. The van der Waals surface area contributed by atoms with E-state index >= 15 is 0 Å². The molecule has 34 heavy (non-hydrogen) atoms. The number of nitro groups is 1. The molecule has 12 heteroatoms. The predicted octanol–water partition coefficient (Wildman–Crippen LogP) is 4.76. The third-order valence-electron chi connectivity index (χ3n) is 4.79. The molecule has 0 unspecified atom stereocenters. The van der Waals surface area contributed by atoms with Crippen LogP contribution in [0.3, 0.4) is 0 Å². The number of non-ortho nitro benzene ring substituents is 1. The van der Waals surface area contributed by atoms with Crippen molar-refractivity contribution in [3.05, 3.63) is 94.0 Å². The minimum absolute atomic E-state index is 0.0697. The Kier molecular flexibility index (Phi) is 6.91. The number of carbonyl (C=O) groups is 1. The van der Waals surface area contributed by atoms with Gasteiger partial charge in [0.2, 0.25) is 5.91 Å². The fourth-order valence-electron chi connectivity index (χ4n) is 3.05. The van der Waals surface area contributed by atoms with Gasteiger partial charge in [-0.15, -0.1) is 0 Å². The summed E-state index contributed by atoms with van der Waals surface area (Å²) < 4.78 is 66.8. The van der Waals surface area contributed by atoms with Gasteiger partial charge in [-0.2, -0.15) is 13.2 Å². The molecule has 0 atom stereocenters. The van der Waals surface area contributed by atoms with Crippen LogP contribution in [0.2, 0.25) is 0 Å². The third kappa shape index (κ3) is 5.52. The lowest BCUT2D eigenvalue weighted by Crippen LogP contribution is -2.38. The fraction of sp³-hybridized carbons (Fsp3) is 0.136. The van der Waals surface area contributed by atoms with E-state index in [4.69, 9.17) is 0 Å². The van der Waals surface area contributed by atoms with Crippen LogP contribution in [0.25, 0.3) is 0 Å². The highest BCUT2D eigenvalue weighted by Gasteiger charge is 2.33.